The first kappa shape index (κ1) is 8.50. The van der Waals surface area contributed by atoms with Gasteiger partial charge in [0.15, 0.2) is 0 Å². The number of alkyl halides is 1. The Hall–Kier alpha value is 0.200. The Morgan fingerprint density at radius 2 is 1.77 bits per heavy atom. The Morgan fingerprint density at radius 1 is 1.23 bits per heavy atom. The van der Waals surface area contributed by atoms with Crippen LogP contribution >= 0.6 is 11.6 Å². The minimum absolute atomic E-state index is 0.0495. The van der Waals surface area contributed by atoms with E-state index in [2.05, 4.69) is 4.72 Å². The van der Waals surface area contributed by atoms with E-state index in [-0.39, 0.29) is 15.7 Å². The maximum atomic E-state index is 11.6. The van der Waals surface area contributed by atoms with Crippen LogP contribution in [0, 0.1) is 0 Å². The van der Waals surface area contributed by atoms with Crippen molar-refractivity contribution >= 4 is 21.6 Å². The molecule has 13 heavy (non-hydrogen) atoms. The zero-order valence-corrected chi connectivity index (χ0v) is 8.79. The average molecular weight is 222 g/mol. The van der Waals surface area contributed by atoms with E-state index in [0.29, 0.717) is 0 Å². The lowest BCUT2D eigenvalue weighted by molar-refractivity contribution is -0.00443. The minimum atomic E-state index is -3.00. The van der Waals surface area contributed by atoms with E-state index >= 15 is 0 Å². The lowest BCUT2D eigenvalue weighted by Crippen LogP contribution is -2.76. The van der Waals surface area contributed by atoms with Gasteiger partial charge in [-0.15, -0.1) is 11.6 Å². The fourth-order valence-corrected chi connectivity index (χ4v) is 5.05. The van der Waals surface area contributed by atoms with Crippen molar-refractivity contribution in [2.24, 2.45) is 0 Å². The van der Waals surface area contributed by atoms with Crippen LogP contribution in [0.25, 0.3) is 0 Å². The van der Waals surface area contributed by atoms with Gasteiger partial charge in [0.2, 0.25) is 10.0 Å². The Morgan fingerprint density at radius 3 is 2.15 bits per heavy atom. The molecule has 0 aromatic carbocycles. The Bertz CT molecular complexity index is 341. The number of nitrogens with one attached hydrogen (secondary N) is 1. The molecule has 4 fully saturated rings. The summed E-state index contributed by atoms with van der Waals surface area (Å²) in [6, 6.07) is 0. The summed E-state index contributed by atoms with van der Waals surface area (Å²) >= 11 is 6.05. The predicted molar refractivity (Wildman–Crippen MR) is 50.2 cm³/mol. The van der Waals surface area contributed by atoms with Crippen LogP contribution in [-0.2, 0) is 10.0 Å². The largest absolute Gasteiger partial charge is 0.214 e. The van der Waals surface area contributed by atoms with Crippen LogP contribution in [0.15, 0.2) is 0 Å². The molecule has 0 unspecified atom stereocenters. The van der Waals surface area contributed by atoms with E-state index < -0.39 is 10.0 Å². The zero-order chi connectivity index (χ0) is 9.32. The van der Waals surface area contributed by atoms with Gasteiger partial charge in [-0.2, -0.15) is 0 Å². The molecular formula is C8H12ClNO2S. The standard InChI is InChI=1S/C8H12ClNO2S/c9-7-3-8(4-7,5-7)10-13(11,12)6-1-2-6/h6,10H,1-5H2. The highest BCUT2D eigenvalue weighted by atomic mass is 35.5. The lowest BCUT2D eigenvalue weighted by atomic mass is 9.49. The van der Waals surface area contributed by atoms with Crippen LogP contribution in [-0.4, -0.2) is 24.1 Å². The fraction of sp³-hybridized carbons (Fsp3) is 1.00. The van der Waals surface area contributed by atoms with Crippen molar-refractivity contribution < 1.29 is 8.42 Å². The number of halogens is 1. The van der Waals surface area contributed by atoms with Crippen LogP contribution in [0.5, 0.6) is 0 Å². The quantitative estimate of drug-likeness (QED) is 0.723. The Labute approximate surface area is 82.9 Å². The summed E-state index contributed by atoms with van der Waals surface area (Å²) in [4.78, 5) is -0.0495. The van der Waals surface area contributed by atoms with E-state index in [4.69, 9.17) is 11.6 Å². The molecule has 0 atom stereocenters. The molecule has 0 spiro atoms. The van der Waals surface area contributed by atoms with Gasteiger partial charge in [0, 0.05) is 5.54 Å². The SMILES string of the molecule is O=S(=O)(NC12CC(Cl)(C1)C2)C1CC1. The topological polar surface area (TPSA) is 46.2 Å². The molecule has 5 heteroatoms. The summed E-state index contributed by atoms with van der Waals surface area (Å²) in [5.74, 6) is 0. The predicted octanol–water partition coefficient (Wildman–Crippen LogP) is 0.982. The highest BCUT2D eigenvalue weighted by molar-refractivity contribution is 7.90. The molecule has 4 saturated carbocycles. The van der Waals surface area contributed by atoms with Gasteiger partial charge in [-0.1, -0.05) is 0 Å². The van der Waals surface area contributed by atoms with E-state index in [0.717, 1.165) is 32.1 Å². The van der Waals surface area contributed by atoms with Gasteiger partial charge < -0.3 is 0 Å². The Balaban J connectivity index is 1.70. The molecule has 0 saturated heterocycles. The summed E-state index contributed by atoms with van der Waals surface area (Å²) in [5.41, 5.74) is -0.136. The van der Waals surface area contributed by atoms with Crippen molar-refractivity contribution in [2.75, 3.05) is 0 Å². The van der Waals surface area contributed by atoms with Gasteiger partial charge in [0.1, 0.15) is 0 Å². The van der Waals surface area contributed by atoms with E-state index in [9.17, 15) is 8.42 Å². The molecule has 0 aromatic heterocycles. The number of hydrogen-bond donors (Lipinski definition) is 1. The van der Waals surface area contributed by atoms with Gasteiger partial charge >= 0.3 is 0 Å². The van der Waals surface area contributed by atoms with Crippen LogP contribution < -0.4 is 4.72 Å². The second kappa shape index (κ2) is 2.07. The fourth-order valence-electron chi connectivity index (χ4n) is 2.54. The summed E-state index contributed by atoms with van der Waals surface area (Å²) in [7, 11) is -3.00. The van der Waals surface area contributed by atoms with E-state index in [1.807, 2.05) is 0 Å². The average Bonchev–Trinajstić information content (AvgIpc) is 2.59. The molecular weight excluding hydrogens is 210 g/mol. The molecule has 0 aliphatic heterocycles. The van der Waals surface area contributed by atoms with E-state index in [1.54, 1.807) is 0 Å². The molecule has 4 aliphatic carbocycles. The van der Waals surface area contributed by atoms with Crippen molar-refractivity contribution in [3.8, 4) is 0 Å². The minimum Gasteiger partial charge on any atom is -0.212 e. The van der Waals surface area contributed by atoms with Crippen LogP contribution in [0.4, 0.5) is 0 Å². The third-order valence-electron chi connectivity index (χ3n) is 3.29. The number of rotatable bonds is 3. The van der Waals surface area contributed by atoms with Crippen LogP contribution in [0.2, 0.25) is 0 Å². The van der Waals surface area contributed by atoms with Gasteiger partial charge in [0.05, 0.1) is 10.1 Å². The van der Waals surface area contributed by atoms with Crippen molar-refractivity contribution in [1.29, 1.82) is 0 Å². The maximum Gasteiger partial charge on any atom is 0.214 e. The van der Waals surface area contributed by atoms with Gasteiger partial charge in [-0.25, -0.2) is 13.1 Å². The molecule has 4 aliphatic rings. The number of hydrogen-bond acceptors (Lipinski definition) is 2. The normalized spacial score (nSPS) is 48.1. The molecule has 0 radical (unpaired) electrons. The smallest absolute Gasteiger partial charge is 0.212 e. The molecule has 0 aromatic rings. The molecule has 74 valence electrons. The molecule has 2 bridgehead atoms. The zero-order valence-electron chi connectivity index (χ0n) is 7.22. The van der Waals surface area contributed by atoms with Crippen LogP contribution in [0.3, 0.4) is 0 Å². The monoisotopic (exact) mass is 221 g/mol. The second-order valence-electron chi connectivity index (χ2n) is 4.81. The summed E-state index contributed by atoms with van der Waals surface area (Å²) in [5, 5.41) is -0.104. The Kier molecular flexibility index (Phi) is 1.35. The van der Waals surface area contributed by atoms with Gasteiger partial charge in [0.25, 0.3) is 0 Å². The van der Waals surface area contributed by atoms with Crippen molar-refractivity contribution in [3.63, 3.8) is 0 Å². The van der Waals surface area contributed by atoms with Gasteiger partial charge in [-0.05, 0) is 32.1 Å². The first-order valence-corrected chi connectivity index (χ1v) is 6.57. The third kappa shape index (κ3) is 1.15. The molecule has 0 amide bonds. The molecule has 0 heterocycles. The van der Waals surface area contributed by atoms with Crippen molar-refractivity contribution in [3.05, 3.63) is 0 Å². The third-order valence-corrected chi connectivity index (χ3v) is 5.76. The highest BCUT2D eigenvalue weighted by Crippen LogP contribution is 2.64. The number of sulfonamides is 1. The molecule has 4 rings (SSSR count). The summed E-state index contributed by atoms with van der Waals surface area (Å²) in [6.07, 6.45) is 4.14. The molecule has 1 N–H and O–H groups in total. The van der Waals surface area contributed by atoms with Gasteiger partial charge in [-0.3, -0.25) is 0 Å². The molecule has 3 nitrogen and oxygen atoms in total. The lowest BCUT2D eigenvalue weighted by Gasteiger charge is -2.67. The highest BCUT2D eigenvalue weighted by Gasteiger charge is 2.68. The summed E-state index contributed by atoms with van der Waals surface area (Å²) < 4.78 is 26.0. The summed E-state index contributed by atoms with van der Waals surface area (Å²) in [6.45, 7) is 0. The first-order chi connectivity index (χ1) is 5.93. The second-order valence-corrected chi connectivity index (χ2v) is 7.57. The van der Waals surface area contributed by atoms with E-state index in [1.165, 1.54) is 0 Å². The van der Waals surface area contributed by atoms with Crippen LogP contribution in [0.1, 0.15) is 32.1 Å². The van der Waals surface area contributed by atoms with Crippen molar-refractivity contribution in [2.45, 2.75) is 47.8 Å². The first-order valence-electron chi connectivity index (χ1n) is 4.65. The van der Waals surface area contributed by atoms with Crippen molar-refractivity contribution in [1.82, 2.24) is 4.72 Å². The maximum absolute atomic E-state index is 11.6.